The van der Waals surface area contributed by atoms with Crippen molar-refractivity contribution in [1.29, 1.82) is 0 Å². The average Bonchev–Trinajstić information content (AvgIpc) is 3.06. The van der Waals surface area contributed by atoms with Crippen LogP contribution in [0.2, 0.25) is 0 Å². The van der Waals surface area contributed by atoms with E-state index in [2.05, 4.69) is 5.32 Å². The Morgan fingerprint density at radius 1 is 0.947 bits per heavy atom. The molecule has 0 radical (unpaired) electrons. The molecule has 2 fully saturated rings. The molecule has 9 heteroatoms. The molecule has 2 aliphatic rings. The number of hydrogen-bond donors (Lipinski definition) is 1. The van der Waals surface area contributed by atoms with E-state index in [0.29, 0.717) is 5.75 Å². The van der Waals surface area contributed by atoms with E-state index in [-0.39, 0.29) is 18.9 Å². The minimum atomic E-state index is -1.81. The van der Waals surface area contributed by atoms with E-state index in [1.165, 1.54) is 4.90 Å². The highest BCUT2D eigenvalue weighted by molar-refractivity contribution is 7.88. The van der Waals surface area contributed by atoms with E-state index >= 15 is 0 Å². The summed E-state index contributed by atoms with van der Waals surface area (Å²) in [5, 5.41) is 2.73. The van der Waals surface area contributed by atoms with Crippen LogP contribution in [-0.4, -0.2) is 49.3 Å². The van der Waals surface area contributed by atoms with E-state index in [1.54, 1.807) is 38.1 Å². The lowest BCUT2D eigenvalue weighted by Gasteiger charge is -2.47. The molecule has 0 aromatic heterocycles. The zero-order chi connectivity index (χ0) is 26.9. The summed E-state index contributed by atoms with van der Waals surface area (Å²) in [4.78, 5) is 39.1. The summed E-state index contributed by atoms with van der Waals surface area (Å²) >= 11 is 0. The van der Waals surface area contributed by atoms with Gasteiger partial charge in [-0.1, -0.05) is 78.9 Å². The standard InChI is InChI=1S/C29H28N2O6S/c1-28(2)26(27(34)37-25(20-12-6-3-7-13-20)21-14-8-4-9-15-21)31-24(33)18-29(31,38(28)35)30-23(32)19-36-22-16-10-5-11-17-22/h3-17,25-26H,18-19H2,1-2H3,(H,30,32)/t26-,29?,38+/m0/s1. The number of carbonyl (C=O) groups excluding carboxylic acids is 3. The first-order chi connectivity index (χ1) is 18.2. The van der Waals surface area contributed by atoms with Crippen molar-refractivity contribution < 1.29 is 28.1 Å². The average molecular weight is 533 g/mol. The van der Waals surface area contributed by atoms with E-state index < -0.39 is 44.6 Å². The molecule has 2 heterocycles. The Bertz CT molecular complexity index is 1330. The first kappa shape index (κ1) is 25.7. The zero-order valence-electron chi connectivity index (χ0n) is 21.0. The fourth-order valence-corrected chi connectivity index (χ4v) is 7.19. The summed E-state index contributed by atoms with van der Waals surface area (Å²) in [7, 11) is -1.81. The van der Waals surface area contributed by atoms with Crippen molar-refractivity contribution in [3.05, 3.63) is 102 Å². The van der Waals surface area contributed by atoms with Gasteiger partial charge in [-0.05, 0) is 37.1 Å². The second-order valence-corrected chi connectivity index (χ2v) is 12.1. The van der Waals surface area contributed by atoms with Gasteiger partial charge in [0.25, 0.3) is 5.91 Å². The van der Waals surface area contributed by atoms with Gasteiger partial charge in [-0.2, -0.15) is 0 Å². The van der Waals surface area contributed by atoms with E-state index in [1.807, 2.05) is 66.7 Å². The molecular formula is C29H28N2O6S. The van der Waals surface area contributed by atoms with Crippen molar-refractivity contribution >= 4 is 28.6 Å². The fraction of sp³-hybridized carbons (Fsp3) is 0.276. The van der Waals surface area contributed by atoms with Gasteiger partial charge in [0.2, 0.25) is 10.9 Å². The van der Waals surface area contributed by atoms with Crippen LogP contribution in [0.3, 0.4) is 0 Å². The van der Waals surface area contributed by atoms with Crippen LogP contribution < -0.4 is 10.1 Å². The van der Waals surface area contributed by atoms with Crippen molar-refractivity contribution in [1.82, 2.24) is 10.2 Å². The van der Waals surface area contributed by atoms with Crippen LogP contribution in [0.5, 0.6) is 5.75 Å². The molecule has 1 N–H and O–H groups in total. The maximum atomic E-state index is 13.8. The molecule has 0 saturated carbocycles. The number of ether oxygens (including phenoxy) is 2. The fourth-order valence-electron chi connectivity index (χ4n) is 5.06. The molecule has 8 nitrogen and oxygen atoms in total. The third-order valence-corrected chi connectivity index (χ3v) is 9.10. The first-order valence-corrected chi connectivity index (χ1v) is 13.4. The van der Waals surface area contributed by atoms with Gasteiger partial charge in [-0.25, -0.2) is 4.79 Å². The van der Waals surface area contributed by atoms with Gasteiger partial charge in [-0.3, -0.25) is 18.7 Å². The Morgan fingerprint density at radius 2 is 1.47 bits per heavy atom. The molecule has 2 amide bonds. The lowest BCUT2D eigenvalue weighted by Crippen LogP contribution is -2.72. The predicted molar refractivity (Wildman–Crippen MR) is 141 cm³/mol. The summed E-state index contributed by atoms with van der Waals surface area (Å²) in [6.45, 7) is 2.97. The van der Waals surface area contributed by atoms with E-state index in [4.69, 9.17) is 9.47 Å². The van der Waals surface area contributed by atoms with Gasteiger partial charge in [0.1, 0.15) is 11.8 Å². The van der Waals surface area contributed by atoms with E-state index in [0.717, 1.165) is 11.1 Å². The van der Waals surface area contributed by atoms with Gasteiger partial charge >= 0.3 is 5.97 Å². The number of nitrogens with zero attached hydrogens (tertiary/aromatic N) is 1. The summed E-state index contributed by atoms with van der Waals surface area (Å²) in [5.74, 6) is -1.11. The Kier molecular flexibility index (Phi) is 6.79. The number of benzene rings is 3. The maximum absolute atomic E-state index is 13.8. The second kappa shape index (κ2) is 10.1. The summed E-state index contributed by atoms with van der Waals surface area (Å²) in [6, 6.07) is 26.2. The van der Waals surface area contributed by atoms with Crippen molar-refractivity contribution in [2.24, 2.45) is 0 Å². The molecule has 1 unspecified atom stereocenters. The van der Waals surface area contributed by atoms with Gasteiger partial charge in [0.05, 0.1) is 22.0 Å². The largest absolute Gasteiger partial charge is 0.484 e. The van der Waals surface area contributed by atoms with Crippen LogP contribution in [0.1, 0.15) is 37.5 Å². The SMILES string of the molecule is CC1(C)[C@H](C(=O)OC(c2ccccc2)c2ccccc2)N2C(=O)CC2(NC(=O)COc2ccccc2)[S@@]1=O. The topological polar surface area (TPSA) is 102 Å². The highest BCUT2D eigenvalue weighted by Gasteiger charge is 2.73. The molecule has 0 spiro atoms. The normalized spacial score (nSPS) is 23.3. The quantitative estimate of drug-likeness (QED) is 0.353. The van der Waals surface area contributed by atoms with Crippen LogP contribution in [0.25, 0.3) is 0 Å². The summed E-state index contributed by atoms with van der Waals surface area (Å²) < 4.78 is 24.1. The molecule has 196 valence electrons. The molecule has 0 bridgehead atoms. The molecule has 2 saturated heterocycles. The van der Waals surface area contributed by atoms with Crippen LogP contribution in [-0.2, 0) is 29.9 Å². The minimum Gasteiger partial charge on any atom is -0.484 e. The number of fused-ring (bicyclic) bond motifs is 1. The smallest absolute Gasteiger partial charge is 0.331 e. The van der Waals surface area contributed by atoms with Crippen molar-refractivity contribution in [2.45, 2.75) is 42.2 Å². The van der Waals surface area contributed by atoms with Gasteiger partial charge in [-0.15, -0.1) is 0 Å². The Labute approximate surface area is 223 Å². The Balaban J connectivity index is 1.39. The van der Waals surface area contributed by atoms with Crippen molar-refractivity contribution in [3.63, 3.8) is 0 Å². The first-order valence-electron chi connectivity index (χ1n) is 12.3. The van der Waals surface area contributed by atoms with Crippen LogP contribution in [0.15, 0.2) is 91.0 Å². The van der Waals surface area contributed by atoms with Crippen LogP contribution >= 0.6 is 0 Å². The van der Waals surface area contributed by atoms with Gasteiger partial charge < -0.3 is 14.8 Å². The monoisotopic (exact) mass is 532 g/mol. The van der Waals surface area contributed by atoms with Gasteiger partial charge in [0.15, 0.2) is 12.7 Å². The molecule has 38 heavy (non-hydrogen) atoms. The third kappa shape index (κ3) is 4.47. The number of β-lactam (4-membered cyclic amide) rings is 1. The number of carbonyl (C=O) groups is 3. The lowest BCUT2D eigenvalue weighted by molar-refractivity contribution is -0.171. The second-order valence-electron chi connectivity index (χ2n) is 9.79. The van der Waals surface area contributed by atoms with Gasteiger partial charge in [0, 0.05) is 0 Å². The predicted octanol–water partition coefficient (Wildman–Crippen LogP) is 3.31. The van der Waals surface area contributed by atoms with E-state index in [9.17, 15) is 18.6 Å². The molecule has 3 atom stereocenters. The number of hydrogen-bond acceptors (Lipinski definition) is 6. The maximum Gasteiger partial charge on any atom is 0.331 e. The lowest BCUT2D eigenvalue weighted by atomic mass is 9.95. The number of para-hydroxylation sites is 1. The number of rotatable bonds is 8. The minimum absolute atomic E-state index is 0.176. The molecule has 3 aromatic carbocycles. The number of nitrogens with one attached hydrogen (secondary N) is 1. The third-order valence-electron chi connectivity index (χ3n) is 6.86. The molecule has 5 rings (SSSR count). The number of amides is 2. The highest BCUT2D eigenvalue weighted by Crippen LogP contribution is 2.50. The van der Waals surface area contributed by atoms with Crippen molar-refractivity contribution in [2.75, 3.05) is 6.61 Å². The summed E-state index contributed by atoms with van der Waals surface area (Å²) in [5.41, 5.74) is 1.52. The Hall–Kier alpha value is -3.98. The molecule has 2 aliphatic heterocycles. The van der Waals surface area contributed by atoms with Crippen LogP contribution in [0, 0.1) is 0 Å². The molecular weight excluding hydrogens is 504 g/mol. The van der Waals surface area contributed by atoms with Crippen molar-refractivity contribution in [3.8, 4) is 5.75 Å². The van der Waals surface area contributed by atoms with Crippen LogP contribution in [0.4, 0.5) is 0 Å². The number of esters is 1. The molecule has 0 aliphatic carbocycles. The summed E-state index contributed by atoms with van der Waals surface area (Å²) in [6.07, 6.45) is -0.903. The molecule has 3 aromatic rings. The zero-order valence-corrected chi connectivity index (χ0v) is 21.9. The highest BCUT2D eigenvalue weighted by atomic mass is 32.2. The Morgan fingerprint density at radius 3 is 2.00 bits per heavy atom.